The number of anilines is 1. The molecule has 1 rings (SSSR count). The van der Waals surface area contributed by atoms with E-state index in [0.29, 0.717) is 11.7 Å². The number of hydrogen-bond donors (Lipinski definition) is 1. The van der Waals surface area contributed by atoms with Crippen LogP contribution in [0.3, 0.4) is 0 Å². The van der Waals surface area contributed by atoms with E-state index in [-0.39, 0.29) is 5.91 Å². The summed E-state index contributed by atoms with van der Waals surface area (Å²) < 4.78 is 0. The maximum atomic E-state index is 10.7. The quantitative estimate of drug-likeness (QED) is 0.749. The largest absolute Gasteiger partial charge is 0.311 e. The van der Waals surface area contributed by atoms with Crippen molar-refractivity contribution >= 4 is 11.7 Å². The van der Waals surface area contributed by atoms with Crippen molar-refractivity contribution in [2.45, 2.75) is 26.7 Å². The molecule has 0 saturated carbocycles. The summed E-state index contributed by atoms with van der Waals surface area (Å²) in [6.07, 6.45) is 1.46. The summed E-state index contributed by atoms with van der Waals surface area (Å²) in [6, 6.07) is 1.78. The van der Waals surface area contributed by atoms with Crippen LogP contribution < -0.4 is 5.32 Å². The van der Waals surface area contributed by atoms with Gasteiger partial charge in [-0.1, -0.05) is 13.8 Å². The van der Waals surface area contributed by atoms with E-state index in [1.54, 1.807) is 6.07 Å². The Kier molecular flexibility index (Phi) is 2.95. The number of amides is 1. The van der Waals surface area contributed by atoms with Crippen molar-refractivity contribution < 1.29 is 4.79 Å². The molecule has 1 amide bonds. The van der Waals surface area contributed by atoms with Crippen molar-refractivity contribution in [1.82, 2.24) is 9.97 Å². The average Bonchev–Trinajstić information content (AvgIpc) is 2.03. The van der Waals surface area contributed by atoms with Gasteiger partial charge in [-0.25, -0.2) is 9.97 Å². The first-order chi connectivity index (χ1) is 6.09. The fraction of sp³-hybridized carbons (Fsp3) is 0.444. The molecule has 0 bridgehead atoms. The molecule has 1 aromatic heterocycles. The van der Waals surface area contributed by atoms with Crippen molar-refractivity contribution in [3.05, 3.63) is 18.1 Å². The lowest BCUT2D eigenvalue weighted by atomic mass is 10.1. The number of nitrogens with one attached hydrogen (secondary N) is 1. The third kappa shape index (κ3) is 2.82. The Morgan fingerprint density at radius 2 is 2.15 bits per heavy atom. The van der Waals surface area contributed by atoms with Gasteiger partial charge in [-0.05, 0) is 5.92 Å². The number of aromatic nitrogens is 2. The number of nitrogens with zero attached hydrogens (tertiary/aromatic N) is 2. The van der Waals surface area contributed by atoms with Gasteiger partial charge < -0.3 is 5.32 Å². The normalized spacial score (nSPS) is 10.2. The monoisotopic (exact) mass is 179 g/mol. The van der Waals surface area contributed by atoms with E-state index in [1.807, 2.05) is 13.8 Å². The number of rotatable bonds is 2. The van der Waals surface area contributed by atoms with Crippen molar-refractivity contribution in [2.75, 3.05) is 5.32 Å². The van der Waals surface area contributed by atoms with Gasteiger partial charge in [-0.2, -0.15) is 0 Å². The minimum absolute atomic E-state index is 0.117. The summed E-state index contributed by atoms with van der Waals surface area (Å²) >= 11 is 0. The minimum atomic E-state index is -0.117. The summed E-state index contributed by atoms with van der Waals surface area (Å²) in [4.78, 5) is 18.7. The summed E-state index contributed by atoms with van der Waals surface area (Å²) in [5, 5.41) is 2.61. The predicted octanol–water partition coefficient (Wildman–Crippen LogP) is 1.56. The molecular formula is C9H13N3O. The summed E-state index contributed by atoms with van der Waals surface area (Å²) in [5.41, 5.74) is 0.929. The maximum Gasteiger partial charge on any atom is 0.222 e. The molecule has 0 aliphatic rings. The second-order valence-electron chi connectivity index (χ2n) is 3.16. The highest BCUT2D eigenvalue weighted by molar-refractivity contribution is 5.87. The van der Waals surface area contributed by atoms with Gasteiger partial charge in [0.1, 0.15) is 12.1 Å². The number of carbonyl (C=O) groups excluding carboxylic acids is 1. The molecule has 70 valence electrons. The van der Waals surface area contributed by atoms with E-state index in [2.05, 4.69) is 15.3 Å². The van der Waals surface area contributed by atoms with Crippen molar-refractivity contribution in [1.29, 1.82) is 0 Å². The van der Waals surface area contributed by atoms with Gasteiger partial charge in [-0.15, -0.1) is 0 Å². The van der Waals surface area contributed by atoms with Crippen LogP contribution >= 0.6 is 0 Å². The van der Waals surface area contributed by atoms with Crippen LogP contribution in [0.15, 0.2) is 12.4 Å². The standard InChI is InChI=1S/C9H13N3O/c1-6(2)8-4-9(11-5-10-8)12-7(3)13/h4-6H,1-3H3,(H,10,11,12,13). The Morgan fingerprint density at radius 3 is 2.69 bits per heavy atom. The van der Waals surface area contributed by atoms with E-state index >= 15 is 0 Å². The van der Waals surface area contributed by atoms with Gasteiger partial charge in [0.25, 0.3) is 0 Å². The van der Waals surface area contributed by atoms with E-state index in [9.17, 15) is 4.79 Å². The van der Waals surface area contributed by atoms with Crippen LogP contribution in [0.25, 0.3) is 0 Å². The Labute approximate surface area is 77.4 Å². The molecule has 0 radical (unpaired) electrons. The number of carbonyl (C=O) groups is 1. The third-order valence-corrected chi connectivity index (χ3v) is 1.58. The number of hydrogen-bond acceptors (Lipinski definition) is 3. The Morgan fingerprint density at radius 1 is 1.46 bits per heavy atom. The third-order valence-electron chi connectivity index (χ3n) is 1.58. The molecule has 0 fully saturated rings. The predicted molar refractivity (Wildman–Crippen MR) is 50.4 cm³/mol. The molecule has 0 aliphatic carbocycles. The lowest BCUT2D eigenvalue weighted by Crippen LogP contribution is -2.08. The van der Waals surface area contributed by atoms with Crippen molar-refractivity contribution in [3.63, 3.8) is 0 Å². The van der Waals surface area contributed by atoms with Gasteiger partial charge in [0, 0.05) is 18.7 Å². The zero-order valence-corrected chi connectivity index (χ0v) is 8.03. The zero-order valence-electron chi connectivity index (χ0n) is 8.03. The molecule has 0 unspecified atom stereocenters. The van der Waals surface area contributed by atoms with E-state index in [1.165, 1.54) is 13.3 Å². The average molecular weight is 179 g/mol. The molecular weight excluding hydrogens is 166 g/mol. The second kappa shape index (κ2) is 3.98. The van der Waals surface area contributed by atoms with Crippen molar-refractivity contribution in [2.24, 2.45) is 0 Å². The van der Waals surface area contributed by atoms with E-state index in [0.717, 1.165) is 5.69 Å². The van der Waals surface area contributed by atoms with Crippen LogP contribution in [0.2, 0.25) is 0 Å². The van der Waals surface area contributed by atoms with Crippen molar-refractivity contribution in [3.8, 4) is 0 Å². The van der Waals surface area contributed by atoms with E-state index < -0.39 is 0 Å². The van der Waals surface area contributed by atoms with Gasteiger partial charge in [0.15, 0.2) is 0 Å². The van der Waals surface area contributed by atoms with Crippen LogP contribution in [-0.4, -0.2) is 15.9 Å². The molecule has 1 N–H and O–H groups in total. The molecule has 4 nitrogen and oxygen atoms in total. The first-order valence-corrected chi connectivity index (χ1v) is 4.19. The van der Waals surface area contributed by atoms with Gasteiger partial charge in [-0.3, -0.25) is 4.79 Å². The SMILES string of the molecule is CC(=O)Nc1cc(C(C)C)ncn1. The first-order valence-electron chi connectivity index (χ1n) is 4.19. The molecule has 0 aliphatic heterocycles. The van der Waals surface area contributed by atoms with E-state index in [4.69, 9.17) is 0 Å². The van der Waals surface area contributed by atoms with Gasteiger partial charge in [0.2, 0.25) is 5.91 Å². The lowest BCUT2D eigenvalue weighted by Gasteiger charge is -2.05. The highest BCUT2D eigenvalue weighted by atomic mass is 16.1. The highest BCUT2D eigenvalue weighted by Crippen LogP contribution is 2.13. The fourth-order valence-electron chi connectivity index (χ4n) is 0.937. The summed E-state index contributed by atoms with van der Waals surface area (Å²) in [7, 11) is 0. The van der Waals surface area contributed by atoms with Gasteiger partial charge >= 0.3 is 0 Å². The molecule has 0 saturated heterocycles. The molecule has 0 atom stereocenters. The lowest BCUT2D eigenvalue weighted by molar-refractivity contribution is -0.114. The molecule has 13 heavy (non-hydrogen) atoms. The van der Waals surface area contributed by atoms with Crippen LogP contribution in [0.1, 0.15) is 32.4 Å². The Bertz CT molecular complexity index is 309. The summed E-state index contributed by atoms with van der Waals surface area (Å²) in [5.74, 6) is 0.787. The highest BCUT2D eigenvalue weighted by Gasteiger charge is 2.03. The maximum absolute atomic E-state index is 10.7. The molecule has 0 spiro atoms. The molecule has 0 aromatic carbocycles. The zero-order chi connectivity index (χ0) is 9.84. The second-order valence-corrected chi connectivity index (χ2v) is 3.16. The minimum Gasteiger partial charge on any atom is -0.311 e. The molecule has 1 heterocycles. The van der Waals surface area contributed by atoms with Crippen LogP contribution in [0, 0.1) is 0 Å². The molecule has 4 heteroatoms. The Hall–Kier alpha value is -1.45. The topological polar surface area (TPSA) is 54.9 Å². The fourth-order valence-corrected chi connectivity index (χ4v) is 0.937. The van der Waals surface area contributed by atoms with Crippen LogP contribution in [-0.2, 0) is 4.79 Å². The first kappa shape index (κ1) is 9.64. The smallest absolute Gasteiger partial charge is 0.222 e. The van der Waals surface area contributed by atoms with Gasteiger partial charge in [0.05, 0.1) is 0 Å². The summed E-state index contributed by atoms with van der Waals surface area (Å²) in [6.45, 7) is 5.54. The molecule has 1 aromatic rings. The van der Waals surface area contributed by atoms with Crippen LogP contribution in [0.4, 0.5) is 5.82 Å². The Balaban J connectivity index is 2.85. The van der Waals surface area contributed by atoms with Crippen LogP contribution in [0.5, 0.6) is 0 Å².